The average molecular weight is 291 g/mol. The first-order valence-electron chi connectivity index (χ1n) is 5.20. The van der Waals surface area contributed by atoms with Crippen molar-refractivity contribution in [2.45, 2.75) is 13.1 Å². The Kier molecular flexibility index (Phi) is 3.28. The maximum atomic E-state index is 13.6. The van der Waals surface area contributed by atoms with Crippen molar-refractivity contribution in [3.63, 3.8) is 0 Å². The van der Waals surface area contributed by atoms with Crippen LogP contribution in [0.3, 0.4) is 0 Å². The maximum Gasteiger partial charge on any atom is 0.456 e. The Bertz CT molecular complexity index is 677. The Morgan fingerprint density at radius 1 is 1.20 bits per heavy atom. The summed E-state index contributed by atoms with van der Waals surface area (Å²) in [5.41, 5.74) is -1.42. The van der Waals surface area contributed by atoms with Gasteiger partial charge in [-0.15, -0.1) is 5.10 Å². The van der Waals surface area contributed by atoms with Gasteiger partial charge in [0.1, 0.15) is 17.3 Å². The molecule has 0 unspecified atom stereocenters. The van der Waals surface area contributed by atoms with Crippen molar-refractivity contribution in [2.75, 3.05) is 0 Å². The van der Waals surface area contributed by atoms with Crippen LogP contribution in [0.1, 0.15) is 16.1 Å². The summed E-state index contributed by atoms with van der Waals surface area (Å²) >= 11 is 0. The van der Waals surface area contributed by atoms with Crippen molar-refractivity contribution in [1.82, 2.24) is 15.0 Å². The Hall–Kier alpha value is -2.32. The van der Waals surface area contributed by atoms with Gasteiger partial charge in [-0.05, 0) is 18.6 Å². The van der Waals surface area contributed by atoms with Gasteiger partial charge < -0.3 is 0 Å². The number of benzene rings is 1. The van der Waals surface area contributed by atoms with Crippen LogP contribution in [-0.4, -0.2) is 27.0 Å². The highest BCUT2D eigenvalue weighted by Gasteiger charge is 2.41. The molecule has 1 aromatic carbocycles. The molecule has 0 aliphatic heterocycles. The molecule has 0 bridgehead atoms. The molecule has 0 saturated heterocycles. The minimum Gasteiger partial charge on any atom is -0.282 e. The zero-order chi connectivity index (χ0) is 15.1. The monoisotopic (exact) mass is 291 g/mol. The minimum atomic E-state index is -5.11. The van der Waals surface area contributed by atoms with Crippen molar-refractivity contribution in [3.8, 4) is 5.69 Å². The number of ketones is 1. The van der Waals surface area contributed by atoms with Crippen LogP contribution in [0.25, 0.3) is 5.69 Å². The van der Waals surface area contributed by atoms with E-state index in [1.165, 1.54) is 6.92 Å². The normalized spacial score (nSPS) is 11.7. The van der Waals surface area contributed by atoms with Gasteiger partial charge in [-0.2, -0.15) is 13.2 Å². The molecule has 0 fully saturated rings. The van der Waals surface area contributed by atoms with Crippen molar-refractivity contribution >= 4 is 5.78 Å². The van der Waals surface area contributed by atoms with Gasteiger partial charge in [-0.1, -0.05) is 5.21 Å². The van der Waals surface area contributed by atoms with E-state index in [1.54, 1.807) is 0 Å². The molecule has 9 heteroatoms. The standard InChI is InChI=1S/C11H6F5N3O/c1-5-2-7(13)9(3-6(5)12)19-4-8(17-18-19)10(20)11(14,15)16/h2-4H,1H3. The van der Waals surface area contributed by atoms with Gasteiger partial charge in [-0.25, -0.2) is 13.5 Å². The van der Waals surface area contributed by atoms with Crippen LogP contribution >= 0.6 is 0 Å². The number of aryl methyl sites for hydroxylation is 1. The number of carbonyl (C=O) groups is 1. The van der Waals surface area contributed by atoms with Gasteiger partial charge in [0.05, 0.1) is 6.20 Å². The van der Waals surface area contributed by atoms with E-state index in [-0.39, 0.29) is 5.56 Å². The molecule has 0 amide bonds. The third kappa shape index (κ3) is 2.51. The van der Waals surface area contributed by atoms with E-state index in [2.05, 4.69) is 10.3 Å². The molecule has 0 atom stereocenters. The lowest BCUT2D eigenvalue weighted by atomic mass is 10.2. The van der Waals surface area contributed by atoms with E-state index in [0.29, 0.717) is 10.9 Å². The van der Waals surface area contributed by atoms with Crippen molar-refractivity contribution in [1.29, 1.82) is 0 Å². The average Bonchev–Trinajstić information content (AvgIpc) is 2.80. The molecule has 4 nitrogen and oxygen atoms in total. The first-order chi connectivity index (χ1) is 9.20. The molecule has 106 valence electrons. The molecule has 1 heterocycles. The lowest BCUT2D eigenvalue weighted by Crippen LogP contribution is -2.23. The van der Waals surface area contributed by atoms with Gasteiger partial charge in [0, 0.05) is 6.07 Å². The fraction of sp³-hybridized carbons (Fsp3) is 0.182. The summed E-state index contributed by atoms with van der Waals surface area (Å²) in [6.45, 7) is 1.32. The molecular formula is C11H6F5N3O. The van der Waals surface area contributed by atoms with Crippen LogP contribution in [0, 0.1) is 18.6 Å². The lowest BCUT2D eigenvalue weighted by molar-refractivity contribution is -0.0888. The number of nitrogens with zero attached hydrogens (tertiary/aromatic N) is 3. The summed E-state index contributed by atoms with van der Waals surface area (Å²) in [7, 11) is 0. The van der Waals surface area contributed by atoms with E-state index in [4.69, 9.17) is 0 Å². The van der Waals surface area contributed by atoms with Crippen LogP contribution in [-0.2, 0) is 0 Å². The summed E-state index contributed by atoms with van der Waals surface area (Å²) in [5.74, 6) is -3.88. The summed E-state index contributed by atoms with van der Waals surface area (Å²) in [4.78, 5) is 10.9. The number of halogens is 5. The van der Waals surface area contributed by atoms with Crippen LogP contribution in [0.15, 0.2) is 18.3 Å². The first kappa shape index (κ1) is 14.1. The quantitative estimate of drug-likeness (QED) is 0.631. The third-order valence-electron chi connectivity index (χ3n) is 2.46. The number of hydrogen-bond acceptors (Lipinski definition) is 3. The SMILES string of the molecule is Cc1cc(F)c(-n2cc(C(=O)C(F)(F)F)nn2)cc1F. The molecule has 0 saturated carbocycles. The zero-order valence-corrected chi connectivity index (χ0v) is 9.87. The number of rotatable bonds is 2. The smallest absolute Gasteiger partial charge is 0.282 e. The summed E-state index contributed by atoms with van der Waals surface area (Å²) in [6.07, 6.45) is -4.53. The van der Waals surface area contributed by atoms with Crippen LogP contribution < -0.4 is 0 Å². The topological polar surface area (TPSA) is 47.8 Å². The molecule has 2 aromatic rings. The highest BCUT2D eigenvalue weighted by molar-refractivity contribution is 5.98. The largest absolute Gasteiger partial charge is 0.456 e. The van der Waals surface area contributed by atoms with Gasteiger partial charge >= 0.3 is 6.18 Å². The van der Waals surface area contributed by atoms with E-state index < -0.39 is 35.0 Å². The lowest BCUT2D eigenvalue weighted by Gasteiger charge is -2.04. The van der Waals surface area contributed by atoms with Gasteiger partial charge in [-0.3, -0.25) is 4.79 Å². The summed E-state index contributed by atoms with van der Waals surface area (Å²) in [6, 6.07) is 1.61. The fourth-order valence-corrected chi connectivity index (χ4v) is 1.44. The van der Waals surface area contributed by atoms with Crippen molar-refractivity contribution < 1.29 is 26.7 Å². The number of aromatic nitrogens is 3. The molecular weight excluding hydrogens is 285 g/mol. The number of alkyl halides is 3. The third-order valence-corrected chi connectivity index (χ3v) is 2.46. The Balaban J connectivity index is 2.44. The van der Waals surface area contributed by atoms with E-state index in [0.717, 1.165) is 12.1 Å². The van der Waals surface area contributed by atoms with Crippen molar-refractivity contribution in [2.24, 2.45) is 0 Å². The summed E-state index contributed by atoms with van der Waals surface area (Å²) in [5, 5.41) is 6.20. The van der Waals surface area contributed by atoms with Gasteiger partial charge in [0.15, 0.2) is 5.69 Å². The highest BCUT2D eigenvalue weighted by atomic mass is 19.4. The Morgan fingerprint density at radius 2 is 1.85 bits per heavy atom. The number of hydrogen-bond donors (Lipinski definition) is 0. The molecule has 1 aromatic heterocycles. The predicted octanol–water partition coefficient (Wildman–Crippen LogP) is 2.60. The fourth-order valence-electron chi connectivity index (χ4n) is 1.44. The second-order valence-electron chi connectivity index (χ2n) is 3.93. The van der Waals surface area contributed by atoms with E-state index >= 15 is 0 Å². The molecule has 0 aliphatic carbocycles. The minimum absolute atomic E-state index is 0.0259. The van der Waals surface area contributed by atoms with Crippen LogP contribution in [0.4, 0.5) is 22.0 Å². The van der Waals surface area contributed by atoms with Crippen LogP contribution in [0.2, 0.25) is 0 Å². The van der Waals surface area contributed by atoms with Crippen LogP contribution in [0.5, 0.6) is 0 Å². The van der Waals surface area contributed by atoms with Crippen molar-refractivity contribution in [3.05, 3.63) is 41.2 Å². The molecule has 2 rings (SSSR count). The van der Waals surface area contributed by atoms with E-state index in [9.17, 15) is 26.7 Å². The second-order valence-corrected chi connectivity index (χ2v) is 3.93. The number of carbonyl (C=O) groups excluding carboxylic acids is 1. The zero-order valence-electron chi connectivity index (χ0n) is 9.87. The molecule has 20 heavy (non-hydrogen) atoms. The number of Topliss-reactive ketones (excluding diaryl/α,β-unsaturated/α-hetero) is 1. The maximum absolute atomic E-state index is 13.6. The molecule has 0 aliphatic rings. The molecule has 0 N–H and O–H groups in total. The van der Waals surface area contributed by atoms with E-state index in [1.807, 2.05) is 0 Å². The second kappa shape index (κ2) is 4.66. The van der Waals surface area contributed by atoms with Gasteiger partial charge in [0.25, 0.3) is 5.78 Å². The Labute approximate surface area is 108 Å². The highest BCUT2D eigenvalue weighted by Crippen LogP contribution is 2.22. The summed E-state index contributed by atoms with van der Waals surface area (Å²) < 4.78 is 64.0. The Morgan fingerprint density at radius 3 is 2.45 bits per heavy atom. The predicted molar refractivity (Wildman–Crippen MR) is 56.4 cm³/mol. The molecule has 0 radical (unpaired) electrons. The molecule has 0 spiro atoms. The first-order valence-corrected chi connectivity index (χ1v) is 5.20. The van der Waals surface area contributed by atoms with Gasteiger partial charge in [0.2, 0.25) is 0 Å².